The number of hydrogen-bond acceptors (Lipinski definition) is 8. The molecular formula is C10H8ClN7S. The summed E-state index contributed by atoms with van der Waals surface area (Å²) in [5, 5.41) is 0. The zero-order chi connectivity index (χ0) is 13.6. The topological polar surface area (TPSA) is 130 Å². The van der Waals surface area contributed by atoms with Gasteiger partial charge in [0.05, 0.1) is 9.21 Å². The highest BCUT2D eigenvalue weighted by Gasteiger charge is 2.14. The highest BCUT2D eigenvalue weighted by atomic mass is 35.5. The second kappa shape index (κ2) is 4.18. The third-order valence-corrected chi connectivity index (χ3v) is 3.65. The van der Waals surface area contributed by atoms with Gasteiger partial charge in [-0.25, -0.2) is 9.97 Å². The fourth-order valence-electron chi connectivity index (χ4n) is 1.62. The average molecular weight is 294 g/mol. The second-order valence-electron chi connectivity index (χ2n) is 3.70. The molecule has 0 aromatic carbocycles. The maximum absolute atomic E-state index is 5.90. The predicted molar refractivity (Wildman–Crippen MR) is 76.7 cm³/mol. The minimum atomic E-state index is 0.0330. The lowest BCUT2D eigenvalue weighted by Crippen LogP contribution is -2.05. The normalized spacial score (nSPS) is 11.0. The summed E-state index contributed by atoms with van der Waals surface area (Å²) in [6.07, 6.45) is 0. The van der Waals surface area contributed by atoms with Crippen LogP contribution in [0.1, 0.15) is 0 Å². The molecule has 0 fully saturated rings. The van der Waals surface area contributed by atoms with E-state index in [1.165, 1.54) is 11.3 Å². The molecule has 0 radical (unpaired) electrons. The summed E-state index contributed by atoms with van der Waals surface area (Å²) in [4.78, 5) is 17.1. The molecule has 0 atom stereocenters. The van der Waals surface area contributed by atoms with Gasteiger partial charge in [-0.15, -0.1) is 11.3 Å². The first kappa shape index (κ1) is 11.9. The Bertz CT molecular complexity index is 785. The third kappa shape index (κ3) is 2.00. The summed E-state index contributed by atoms with van der Waals surface area (Å²) in [7, 11) is 0. The first-order chi connectivity index (χ1) is 9.04. The molecule has 9 heteroatoms. The van der Waals surface area contributed by atoms with Crippen molar-refractivity contribution in [2.75, 3.05) is 17.2 Å². The molecule has 3 rings (SSSR count). The zero-order valence-corrected chi connectivity index (χ0v) is 11.0. The summed E-state index contributed by atoms with van der Waals surface area (Å²) in [6.45, 7) is 0. The number of fused-ring (bicyclic) bond motifs is 1. The summed E-state index contributed by atoms with van der Waals surface area (Å²) in [5.41, 5.74) is 18.3. The monoisotopic (exact) mass is 293 g/mol. The van der Waals surface area contributed by atoms with Gasteiger partial charge < -0.3 is 17.2 Å². The third-order valence-electron chi connectivity index (χ3n) is 2.41. The van der Waals surface area contributed by atoms with Gasteiger partial charge in [-0.2, -0.15) is 9.97 Å². The van der Waals surface area contributed by atoms with Crippen LogP contribution < -0.4 is 17.2 Å². The molecule has 6 N–H and O–H groups in total. The predicted octanol–water partition coefficient (Wildman–Crippen LogP) is 1.55. The van der Waals surface area contributed by atoms with Crippen LogP contribution in [0.3, 0.4) is 0 Å². The van der Waals surface area contributed by atoms with Crippen LogP contribution in [0.2, 0.25) is 4.34 Å². The van der Waals surface area contributed by atoms with Gasteiger partial charge in [-0.1, -0.05) is 11.6 Å². The molecule has 3 aromatic rings. The van der Waals surface area contributed by atoms with Crippen molar-refractivity contribution in [2.24, 2.45) is 0 Å². The van der Waals surface area contributed by atoms with Crippen LogP contribution in [0, 0.1) is 0 Å². The van der Waals surface area contributed by atoms with Crippen molar-refractivity contribution in [1.29, 1.82) is 0 Å². The summed E-state index contributed by atoms with van der Waals surface area (Å²) in [6, 6.07) is 3.57. The largest absolute Gasteiger partial charge is 0.382 e. The van der Waals surface area contributed by atoms with E-state index in [0.717, 1.165) is 4.88 Å². The van der Waals surface area contributed by atoms with Crippen molar-refractivity contribution in [3.05, 3.63) is 16.5 Å². The Morgan fingerprint density at radius 1 is 0.947 bits per heavy atom. The molecule has 0 saturated carbocycles. The van der Waals surface area contributed by atoms with Crippen molar-refractivity contribution < 1.29 is 0 Å². The smallest absolute Gasteiger partial charge is 0.224 e. The van der Waals surface area contributed by atoms with Gasteiger partial charge in [-0.05, 0) is 12.1 Å². The summed E-state index contributed by atoms with van der Waals surface area (Å²) >= 11 is 7.25. The molecule has 3 heterocycles. The Morgan fingerprint density at radius 2 is 1.74 bits per heavy atom. The fourth-order valence-corrected chi connectivity index (χ4v) is 2.66. The zero-order valence-electron chi connectivity index (χ0n) is 9.46. The second-order valence-corrected chi connectivity index (χ2v) is 5.42. The van der Waals surface area contributed by atoms with E-state index in [-0.39, 0.29) is 23.2 Å². The molecule has 7 nitrogen and oxygen atoms in total. The average Bonchev–Trinajstić information content (AvgIpc) is 2.74. The van der Waals surface area contributed by atoms with E-state index in [0.29, 0.717) is 15.5 Å². The maximum Gasteiger partial charge on any atom is 0.224 e. The van der Waals surface area contributed by atoms with Crippen molar-refractivity contribution in [3.8, 4) is 10.6 Å². The number of hydrogen-bond donors (Lipinski definition) is 3. The molecular weight excluding hydrogens is 286 g/mol. The van der Waals surface area contributed by atoms with Gasteiger partial charge in [0, 0.05) is 0 Å². The van der Waals surface area contributed by atoms with Crippen LogP contribution in [-0.2, 0) is 0 Å². The number of aromatic nitrogens is 4. The highest BCUT2D eigenvalue weighted by Crippen LogP contribution is 2.33. The van der Waals surface area contributed by atoms with Crippen LogP contribution in [0.4, 0.5) is 17.6 Å². The first-order valence-corrected chi connectivity index (χ1v) is 6.36. The molecule has 0 amide bonds. The molecule has 3 aromatic heterocycles. The number of nitrogens with zero attached hydrogens (tertiary/aromatic N) is 4. The van der Waals surface area contributed by atoms with Crippen molar-refractivity contribution in [1.82, 2.24) is 19.9 Å². The lowest BCUT2D eigenvalue weighted by molar-refractivity contribution is 1.17. The quantitative estimate of drug-likeness (QED) is 0.620. The van der Waals surface area contributed by atoms with Gasteiger partial charge in [0.25, 0.3) is 0 Å². The molecule has 0 saturated heterocycles. The van der Waals surface area contributed by atoms with Crippen LogP contribution in [0.5, 0.6) is 0 Å². The Labute approximate surface area is 116 Å². The minimum Gasteiger partial charge on any atom is -0.382 e. The van der Waals surface area contributed by atoms with Crippen molar-refractivity contribution >= 4 is 51.7 Å². The van der Waals surface area contributed by atoms with Gasteiger partial charge in [0.15, 0.2) is 22.8 Å². The van der Waals surface area contributed by atoms with E-state index < -0.39 is 0 Å². The number of thiophene rings is 1. The molecule has 96 valence electrons. The van der Waals surface area contributed by atoms with Crippen LogP contribution >= 0.6 is 22.9 Å². The number of nitrogen functional groups attached to an aromatic ring is 3. The Morgan fingerprint density at radius 3 is 2.42 bits per heavy atom. The van der Waals surface area contributed by atoms with E-state index >= 15 is 0 Å². The lowest BCUT2D eigenvalue weighted by atomic mass is 10.3. The van der Waals surface area contributed by atoms with E-state index in [2.05, 4.69) is 19.9 Å². The van der Waals surface area contributed by atoms with Crippen LogP contribution in [0.25, 0.3) is 21.7 Å². The van der Waals surface area contributed by atoms with E-state index in [9.17, 15) is 0 Å². The van der Waals surface area contributed by atoms with Gasteiger partial charge in [-0.3, -0.25) is 0 Å². The summed E-state index contributed by atoms with van der Waals surface area (Å²) < 4.78 is 0.637. The number of halogens is 1. The Kier molecular flexibility index (Phi) is 2.61. The SMILES string of the molecule is Nc1nc(N)c2nc(-c3ccc(Cl)s3)c(N)nc2n1. The maximum atomic E-state index is 5.90. The number of rotatable bonds is 1. The van der Waals surface area contributed by atoms with E-state index in [1.807, 2.05) is 6.07 Å². The van der Waals surface area contributed by atoms with Crippen LogP contribution in [-0.4, -0.2) is 19.9 Å². The highest BCUT2D eigenvalue weighted by molar-refractivity contribution is 7.19. The van der Waals surface area contributed by atoms with Gasteiger partial charge in [0.2, 0.25) is 5.95 Å². The Balaban J connectivity index is 2.30. The Hall–Kier alpha value is -2.19. The fraction of sp³-hybridized carbons (Fsp3) is 0. The molecule has 19 heavy (non-hydrogen) atoms. The number of anilines is 3. The van der Waals surface area contributed by atoms with Crippen molar-refractivity contribution in [3.63, 3.8) is 0 Å². The van der Waals surface area contributed by atoms with Gasteiger partial charge >= 0.3 is 0 Å². The van der Waals surface area contributed by atoms with Crippen LogP contribution in [0.15, 0.2) is 12.1 Å². The number of nitrogens with two attached hydrogens (primary N) is 3. The first-order valence-electron chi connectivity index (χ1n) is 5.16. The molecule has 0 bridgehead atoms. The molecule has 0 aliphatic carbocycles. The standard InChI is InChI=1S/C10H8ClN7S/c11-4-2-1-3(19-4)5-7(12)16-9-6(15-5)8(13)17-10(14)18-9/h1-2H,(H6,12,13,14,16,17,18). The lowest BCUT2D eigenvalue weighted by Gasteiger charge is -2.05. The molecule has 0 spiro atoms. The van der Waals surface area contributed by atoms with Crippen molar-refractivity contribution in [2.45, 2.75) is 0 Å². The minimum absolute atomic E-state index is 0.0330. The van der Waals surface area contributed by atoms with E-state index in [1.54, 1.807) is 6.07 Å². The molecule has 0 aliphatic rings. The van der Waals surface area contributed by atoms with E-state index in [4.69, 9.17) is 28.8 Å². The summed E-state index contributed by atoms with van der Waals surface area (Å²) in [5.74, 6) is 0.438. The van der Waals surface area contributed by atoms with Gasteiger partial charge in [0.1, 0.15) is 5.69 Å². The molecule has 0 aliphatic heterocycles. The molecule has 0 unspecified atom stereocenters.